The number of ether oxygens (including phenoxy) is 1. The van der Waals surface area contributed by atoms with Crippen LogP contribution in [0.15, 0.2) is 18.2 Å². The zero-order chi connectivity index (χ0) is 14.6. The van der Waals surface area contributed by atoms with Crippen LogP contribution >= 0.6 is 33.9 Å². The van der Waals surface area contributed by atoms with Crippen LogP contribution < -0.4 is 4.74 Å². The summed E-state index contributed by atoms with van der Waals surface area (Å²) in [6.45, 7) is 4.04. The van der Waals surface area contributed by atoms with Gasteiger partial charge in [-0.1, -0.05) is 37.0 Å². The summed E-state index contributed by atoms with van der Waals surface area (Å²) in [6.07, 6.45) is 0. The third-order valence-corrected chi connectivity index (χ3v) is 4.45. The molecule has 0 heterocycles. The van der Waals surface area contributed by atoms with Crippen molar-refractivity contribution in [3.05, 3.63) is 28.2 Å². The van der Waals surface area contributed by atoms with Gasteiger partial charge in [-0.25, -0.2) is 8.42 Å². The number of hydrogen-bond donors (Lipinski definition) is 0. The molecule has 1 atom stereocenters. The predicted octanol–water partition coefficient (Wildman–Crippen LogP) is 4.21. The van der Waals surface area contributed by atoms with Crippen LogP contribution in [0.25, 0.3) is 0 Å². The van der Waals surface area contributed by atoms with Gasteiger partial charge in [0.15, 0.2) is 0 Å². The molecule has 0 aliphatic rings. The van der Waals surface area contributed by atoms with Crippen LogP contribution in [0.1, 0.15) is 13.8 Å². The molecule has 1 rings (SSSR count). The quantitative estimate of drug-likeness (QED) is 0.725. The molecular weight excluding hydrogens is 331 g/mol. The Morgan fingerprint density at radius 3 is 2.42 bits per heavy atom. The molecule has 1 unspecified atom stereocenters. The van der Waals surface area contributed by atoms with Crippen molar-refractivity contribution in [2.75, 3.05) is 12.4 Å². The zero-order valence-electron chi connectivity index (χ0n) is 10.6. The van der Waals surface area contributed by atoms with Crippen molar-refractivity contribution in [1.29, 1.82) is 0 Å². The number of benzene rings is 1. The van der Waals surface area contributed by atoms with E-state index in [9.17, 15) is 8.42 Å². The topological polar surface area (TPSA) is 43.4 Å². The second-order valence-corrected chi connectivity index (χ2v) is 8.26. The second-order valence-electron chi connectivity index (χ2n) is 4.60. The van der Waals surface area contributed by atoms with E-state index in [1.807, 2.05) is 13.8 Å². The lowest BCUT2D eigenvalue weighted by Crippen LogP contribution is -2.24. The highest BCUT2D eigenvalue weighted by Crippen LogP contribution is 2.28. The van der Waals surface area contributed by atoms with E-state index in [2.05, 4.69) is 0 Å². The van der Waals surface area contributed by atoms with Gasteiger partial charge in [-0.05, 0) is 18.1 Å². The molecule has 0 saturated carbocycles. The highest BCUT2D eigenvalue weighted by molar-refractivity contribution is 8.13. The molecule has 1 aromatic rings. The Bertz CT molecular complexity index is 529. The van der Waals surface area contributed by atoms with Gasteiger partial charge in [-0.15, -0.1) is 0 Å². The van der Waals surface area contributed by atoms with Crippen LogP contribution in [0.4, 0.5) is 0 Å². The lowest BCUT2D eigenvalue weighted by atomic mass is 9.99. The summed E-state index contributed by atoms with van der Waals surface area (Å²) in [7, 11) is 1.72. The number of rotatable bonds is 6. The standard InChI is InChI=1S/C12H15Cl3O3S/c1-8(2)9(7-19(15,16)17)6-18-12-5-10(13)3-4-11(12)14/h3-5,8-9H,6-7H2,1-2H3. The Hall–Kier alpha value is -0.160. The first-order valence-corrected chi connectivity index (χ1v) is 8.92. The van der Waals surface area contributed by atoms with Crippen molar-refractivity contribution in [3.8, 4) is 5.75 Å². The van der Waals surface area contributed by atoms with Crippen LogP contribution in [0.5, 0.6) is 5.75 Å². The van der Waals surface area contributed by atoms with Gasteiger partial charge in [0.1, 0.15) is 5.75 Å². The minimum absolute atomic E-state index is 0.117. The molecule has 3 nitrogen and oxygen atoms in total. The van der Waals surface area contributed by atoms with Gasteiger partial charge in [0.05, 0.1) is 17.4 Å². The molecule has 19 heavy (non-hydrogen) atoms. The van der Waals surface area contributed by atoms with Crippen LogP contribution in [0.2, 0.25) is 10.0 Å². The molecule has 0 amide bonds. The van der Waals surface area contributed by atoms with E-state index in [1.165, 1.54) is 0 Å². The van der Waals surface area contributed by atoms with Gasteiger partial charge in [-0.2, -0.15) is 0 Å². The maximum atomic E-state index is 11.1. The third kappa shape index (κ3) is 6.21. The van der Waals surface area contributed by atoms with Crippen molar-refractivity contribution in [3.63, 3.8) is 0 Å². The predicted molar refractivity (Wildman–Crippen MR) is 79.9 cm³/mol. The molecule has 0 spiro atoms. The van der Waals surface area contributed by atoms with Crippen molar-refractivity contribution < 1.29 is 13.2 Å². The molecule has 0 aromatic heterocycles. The monoisotopic (exact) mass is 344 g/mol. The van der Waals surface area contributed by atoms with E-state index in [0.717, 1.165) is 0 Å². The lowest BCUT2D eigenvalue weighted by molar-refractivity contribution is 0.225. The highest BCUT2D eigenvalue weighted by Gasteiger charge is 2.21. The van der Waals surface area contributed by atoms with E-state index >= 15 is 0 Å². The Balaban J connectivity index is 2.74. The molecule has 7 heteroatoms. The molecule has 0 aliphatic heterocycles. The summed E-state index contributed by atoms with van der Waals surface area (Å²) < 4.78 is 27.8. The van der Waals surface area contributed by atoms with E-state index in [1.54, 1.807) is 18.2 Å². The normalized spacial score (nSPS) is 13.6. The third-order valence-electron chi connectivity index (χ3n) is 2.70. The van der Waals surface area contributed by atoms with Gasteiger partial charge >= 0.3 is 0 Å². The van der Waals surface area contributed by atoms with Crippen LogP contribution in [0, 0.1) is 11.8 Å². The summed E-state index contributed by atoms with van der Waals surface area (Å²) in [6, 6.07) is 4.87. The average Bonchev–Trinajstić information content (AvgIpc) is 2.26. The molecule has 0 saturated heterocycles. The second kappa shape index (κ2) is 7.02. The first kappa shape index (κ1) is 16.9. The fourth-order valence-corrected chi connectivity index (χ4v) is 3.29. The summed E-state index contributed by atoms with van der Waals surface area (Å²) in [5, 5.41) is 0.936. The Kier molecular flexibility index (Phi) is 6.24. The minimum atomic E-state index is -3.56. The van der Waals surface area contributed by atoms with Gasteiger partial charge in [0.25, 0.3) is 0 Å². The molecule has 0 fully saturated rings. The first-order valence-electron chi connectivity index (χ1n) is 5.69. The fraction of sp³-hybridized carbons (Fsp3) is 0.500. The SMILES string of the molecule is CC(C)C(COc1cc(Cl)ccc1Cl)CS(=O)(=O)Cl. The van der Waals surface area contributed by atoms with Gasteiger partial charge < -0.3 is 4.74 Å². The number of hydrogen-bond acceptors (Lipinski definition) is 3. The van der Waals surface area contributed by atoms with Crippen molar-refractivity contribution in [2.24, 2.45) is 11.8 Å². The molecule has 0 N–H and O–H groups in total. The van der Waals surface area contributed by atoms with Crippen LogP contribution in [-0.4, -0.2) is 20.8 Å². The summed E-state index contributed by atoms with van der Waals surface area (Å²) in [4.78, 5) is 0. The largest absolute Gasteiger partial charge is 0.492 e. The van der Waals surface area contributed by atoms with Crippen molar-refractivity contribution in [2.45, 2.75) is 13.8 Å². The van der Waals surface area contributed by atoms with Gasteiger partial charge in [-0.3, -0.25) is 0 Å². The Morgan fingerprint density at radius 1 is 1.26 bits per heavy atom. The maximum Gasteiger partial charge on any atom is 0.233 e. The van der Waals surface area contributed by atoms with Gasteiger partial charge in [0.2, 0.25) is 9.05 Å². The molecule has 108 valence electrons. The van der Waals surface area contributed by atoms with E-state index in [0.29, 0.717) is 15.8 Å². The van der Waals surface area contributed by atoms with E-state index < -0.39 is 9.05 Å². The zero-order valence-corrected chi connectivity index (χ0v) is 13.7. The average molecular weight is 346 g/mol. The van der Waals surface area contributed by atoms with E-state index in [4.69, 9.17) is 38.6 Å². The molecule has 0 radical (unpaired) electrons. The smallest absolute Gasteiger partial charge is 0.233 e. The van der Waals surface area contributed by atoms with Crippen LogP contribution in [0.3, 0.4) is 0 Å². The van der Waals surface area contributed by atoms with Crippen molar-refractivity contribution >= 4 is 42.9 Å². The molecule has 0 bridgehead atoms. The summed E-state index contributed by atoms with van der Waals surface area (Å²) in [5.41, 5.74) is 0. The molecule has 1 aromatic carbocycles. The van der Waals surface area contributed by atoms with Crippen molar-refractivity contribution in [1.82, 2.24) is 0 Å². The molecular formula is C12H15Cl3O3S. The van der Waals surface area contributed by atoms with Crippen LogP contribution in [-0.2, 0) is 9.05 Å². The Morgan fingerprint density at radius 2 is 1.89 bits per heavy atom. The molecule has 0 aliphatic carbocycles. The first-order chi connectivity index (χ1) is 8.69. The number of halogens is 3. The van der Waals surface area contributed by atoms with Gasteiger partial charge in [0, 0.05) is 27.7 Å². The lowest BCUT2D eigenvalue weighted by Gasteiger charge is -2.20. The maximum absolute atomic E-state index is 11.1. The summed E-state index contributed by atoms with van der Waals surface area (Å²) >= 11 is 11.8. The summed E-state index contributed by atoms with van der Waals surface area (Å²) in [5.74, 6) is 0.209. The fourth-order valence-electron chi connectivity index (χ4n) is 1.47. The Labute approximate surface area is 128 Å². The minimum Gasteiger partial charge on any atom is -0.492 e. The van der Waals surface area contributed by atoms with E-state index in [-0.39, 0.29) is 24.2 Å². The highest BCUT2D eigenvalue weighted by atomic mass is 35.7.